The van der Waals surface area contributed by atoms with Gasteiger partial charge >= 0.3 is 0 Å². The van der Waals surface area contributed by atoms with Crippen LogP contribution in [-0.4, -0.2) is 36.7 Å². The highest BCUT2D eigenvalue weighted by Gasteiger charge is 2.27. The van der Waals surface area contributed by atoms with Gasteiger partial charge in [-0.2, -0.15) is 4.31 Å². The molecule has 1 fully saturated rings. The van der Waals surface area contributed by atoms with Crippen molar-refractivity contribution in [2.45, 2.75) is 30.6 Å². The van der Waals surface area contributed by atoms with Crippen molar-refractivity contribution in [3.05, 3.63) is 66.4 Å². The zero-order chi connectivity index (χ0) is 21.8. The second kappa shape index (κ2) is 8.99. The Labute approximate surface area is 180 Å². The first-order valence-electron chi connectivity index (χ1n) is 10.0. The third-order valence-electron chi connectivity index (χ3n) is 5.07. The molecular formula is C22H22FN3O4S. The number of sulfonamides is 1. The summed E-state index contributed by atoms with van der Waals surface area (Å²) in [5.74, 6) is 0.268. The van der Waals surface area contributed by atoms with Crippen molar-refractivity contribution in [2.75, 3.05) is 18.4 Å². The molecule has 1 saturated heterocycles. The number of hydrogen-bond donors (Lipinski definition) is 1. The Kier molecular flexibility index (Phi) is 6.15. The molecule has 1 N–H and O–H groups in total. The van der Waals surface area contributed by atoms with Gasteiger partial charge in [0.15, 0.2) is 11.7 Å². The quantitative estimate of drug-likeness (QED) is 0.599. The molecule has 1 aliphatic rings. The lowest BCUT2D eigenvalue weighted by Crippen LogP contribution is -2.27. The van der Waals surface area contributed by atoms with Crippen LogP contribution in [0.3, 0.4) is 0 Å². The van der Waals surface area contributed by atoms with E-state index in [-0.39, 0.29) is 29.5 Å². The molecule has 3 aromatic rings. The largest absolute Gasteiger partial charge is 0.441 e. The second-order valence-corrected chi connectivity index (χ2v) is 9.25. The SMILES string of the molecule is O=C(CCc1ncc(-c2ccc(F)cc2)o1)Nc1cccc(S(=O)(=O)N2CCCC2)c1. The summed E-state index contributed by atoms with van der Waals surface area (Å²) in [6.07, 6.45) is 3.65. The average molecular weight is 444 g/mol. The molecular weight excluding hydrogens is 421 g/mol. The third kappa shape index (κ3) is 5.00. The summed E-state index contributed by atoms with van der Waals surface area (Å²) in [5, 5.41) is 2.73. The van der Waals surface area contributed by atoms with Gasteiger partial charge in [0.25, 0.3) is 0 Å². The monoisotopic (exact) mass is 443 g/mol. The number of aryl methyl sites for hydroxylation is 1. The number of nitrogens with zero attached hydrogens (tertiary/aromatic N) is 2. The van der Waals surface area contributed by atoms with Gasteiger partial charge in [-0.15, -0.1) is 0 Å². The summed E-state index contributed by atoms with van der Waals surface area (Å²) in [4.78, 5) is 16.7. The molecule has 0 bridgehead atoms. The highest BCUT2D eigenvalue weighted by Crippen LogP contribution is 2.24. The lowest BCUT2D eigenvalue weighted by Gasteiger charge is -2.16. The van der Waals surface area contributed by atoms with Gasteiger partial charge in [-0.25, -0.2) is 17.8 Å². The maximum absolute atomic E-state index is 13.0. The third-order valence-corrected chi connectivity index (χ3v) is 6.96. The van der Waals surface area contributed by atoms with Gasteiger partial charge in [0, 0.05) is 37.2 Å². The number of rotatable bonds is 7. The molecule has 2 aromatic carbocycles. The molecule has 0 aliphatic carbocycles. The molecule has 1 aromatic heterocycles. The molecule has 0 atom stereocenters. The van der Waals surface area contributed by atoms with E-state index in [4.69, 9.17) is 4.42 Å². The molecule has 0 radical (unpaired) electrons. The predicted octanol–water partition coefficient (Wildman–Crippen LogP) is 3.84. The summed E-state index contributed by atoms with van der Waals surface area (Å²) >= 11 is 0. The van der Waals surface area contributed by atoms with E-state index in [0.717, 1.165) is 12.8 Å². The Bertz CT molecular complexity index is 1170. The van der Waals surface area contributed by atoms with Gasteiger partial charge in [0.2, 0.25) is 15.9 Å². The fraction of sp³-hybridized carbons (Fsp3) is 0.273. The number of benzene rings is 2. The molecule has 2 heterocycles. The van der Waals surface area contributed by atoms with Crippen LogP contribution in [0.1, 0.15) is 25.2 Å². The van der Waals surface area contributed by atoms with Crippen LogP contribution in [0.5, 0.6) is 0 Å². The molecule has 9 heteroatoms. The van der Waals surface area contributed by atoms with E-state index in [2.05, 4.69) is 10.3 Å². The number of amides is 1. The van der Waals surface area contributed by atoms with Crippen LogP contribution >= 0.6 is 0 Å². The van der Waals surface area contributed by atoms with E-state index < -0.39 is 10.0 Å². The van der Waals surface area contributed by atoms with Gasteiger partial charge in [-0.05, 0) is 55.3 Å². The second-order valence-electron chi connectivity index (χ2n) is 7.31. The van der Waals surface area contributed by atoms with Crippen molar-refractivity contribution in [3.8, 4) is 11.3 Å². The molecule has 0 unspecified atom stereocenters. The molecule has 4 rings (SSSR count). The van der Waals surface area contributed by atoms with Crippen molar-refractivity contribution in [1.29, 1.82) is 0 Å². The highest BCUT2D eigenvalue weighted by molar-refractivity contribution is 7.89. The first kappa shape index (κ1) is 21.2. The van der Waals surface area contributed by atoms with Crippen molar-refractivity contribution < 1.29 is 22.0 Å². The molecule has 7 nitrogen and oxygen atoms in total. The van der Waals surface area contributed by atoms with Crippen LogP contribution in [0.25, 0.3) is 11.3 Å². The van der Waals surface area contributed by atoms with E-state index in [1.807, 2.05) is 0 Å². The minimum absolute atomic E-state index is 0.118. The summed E-state index contributed by atoms with van der Waals surface area (Å²) in [5.41, 5.74) is 1.12. The van der Waals surface area contributed by atoms with Gasteiger partial charge < -0.3 is 9.73 Å². The number of carbonyl (C=O) groups is 1. The van der Waals surface area contributed by atoms with E-state index in [1.165, 1.54) is 34.8 Å². The van der Waals surface area contributed by atoms with E-state index in [9.17, 15) is 17.6 Å². The fourth-order valence-electron chi connectivity index (χ4n) is 3.43. The average Bonchev–Trinajstić information content (AvgIpc) is 3.46. The molecule has 0 saturated carbocycles. The van der Waals surface area contributed by atoms with Gasteiger partial charge in [0.05, 0.1) is 11.1 Å². The Hall–Kier alpha value is -3.04. The van der Waals surface area contributed by atoms with Crippen LogP contribution in [-0.2, 0) is 21.2 Å². The van der Waals surface area contributed by atoms with Crippen LogP contribution < -0.4 is 5.32 Å². The van der Waals surface area contributed by atoms with Crippen LogP contribution in [0.4, 0.5) is 10.1 Å². The summed E-state index contributed by atoms with van der Waals surface area (Å²) in [6, 6.07) is 12.1. The molecule has 1 amide bonds. The minimum atomic E-state index is -3.55. The van der Waals surface area contributed by atoms with Crippen LogP contribution in [0.2, 0.25) is 0 Å². The molecule has 0 spiro atoms. The summed E-state index contributed by atoms with van der Waals surface area (Å²) in [6.45, 7) is 1.05. The number of carbonyl (C=O) groups excluding carboxylic acids is 1. The first-order chi connectivity index (χ1) is 14.9. The standard InChI is InChI=1S/C22H22FN3O4S/c23-17-8-6-16(7-9-17)20-15-24-22(30-20)11-10-21(27)25-18-4-3-5-19(14-18)31(28,29)26-12-1-2-13-26/h3-9,14-15H,1-2,10-13H2,(H,25,27). The van der Waals surface area contributed by atoms with Crippen LogP contribution in [0, 0.1) is 5.82 Å². The number of oxazole rings is 1. The number of aromatic nitrogens is 1. The maximum atomic E-state index is 13.0. The normalized spacial score (nSPS) is 14.6. The van der Waals surface area contributed by atoms with Crippen LogP contribution in [0.15, 0.2) is 64.0 Å². The number of anilines is 1. The van der Waals surface area contributed by atoms with Crippen molar-refractivity contribution in [3.63, 3.8) is 0 Å². The predicted molar refractivity (Wildman–Crippen MR) is 113 cm³/mol. The van der Waals surface area contributed by atoms with Crippen molar-refractivity contribution in [2.24, 2.45) is 0 Å². The highest BCUT2D eigenvalue weighted by atomic mass is 32.2. The topological polar surface area (TPSA) is 92.5 Å². The lowest BCUT2D eigenvalue weighted by molar-refractivity contribution is -0.116. The van der Waals surface area contributed by atoms with Gasteiger partial charge in [-0.3, -0.25) is 4.79 Å². The summed E-state index contributed by atoms with van der Waals surface area (Å²) in [7, 11) is -3.55. The Morgan fingerprint density at radius 2 is 1.87 bits per heavy atom. The molecule has 162 valence electrons. The van der Waals surface area contributed by atoms with E-state index in [0.29, 0.717) is 36.0 Å². The molecule has 1 aliphatic heterocycles. The van der Waals surface area contributed by atoms with Crippen molar-refractivity contribution >= 4 is 21.6 Å². The number of hydrogen-bond acceptors (Lipinski definition) is 5. The first-order valence-corrected chi connectivity index (χ1v) is 11.5. The summed E-state index contributed by atoms with van der Waals surface area (Å²) < 4.78 is 45.5. The number of halogens is 1. The number of nitrogens with one attached hydrogen (secondary N) is 1. The molecule has 31 heavy (non-hydrogen) atoms. The Balaban J connectivity index is 1.36. The zero-order valence-corrected chi connectivity index (χ0v) is 17.6. The Morgan fingerprint density at radius 1 is 1.13 bits per heavy atom. The van der Waals surface area contributed by atoms with E-state index >= 15 is 0 Å². The van der Waals surface area contributed by atoms with Gasteiger partial charge in [-0.1, -0.05) is 6.07 Å². The Morgan fingerprint density at radius 3 is 2.61 bits per heavy atom. The van der Waals surface area contributed by atoms with Crippen molar-refractivity contribution in [1.82, 2.24) is 9.29 Å². The van der Waals surface area contributed by atoms with E-state index in [1.54, 1.807) is 24.3 Å². The lowest BCUT2D eigenvalue weighted by atomic mass is 10.2. The van der Waals surface area contributed by atoms with Gasteiger partial charge in [0.1, 0.15) is 5.82 Å². The minimum Gasteiger partial charge on any atom is -0.441 e. The maximum Gasteiger partial charge on any atom is 0.243 e. The zero-order valence-electron chi connectivity index (χ0n) is 16.8. The smallest absolute Gasteiger partial charge is 0.243 e. The fourth-order valence-corrected chi connectivity index (χ4v) is 4.99.